The van der Waals surface area contributed by atoms with Gasteiger partial charge in [0, 0.05) is 49.9 Å². The Balaban J connectivity index is 1.40. The standard InChI is InChI=1S/C22H29FN2O3/c23-15-4-5-20-17(10-15)21-19(13-28-20)18(22(26)24-16-2-1-3-16)12-25(21)11-14-6-8-27-9-7-14/h4-5,10,14,16,18-19,21H,1-3,6-9,11-13H2,(H,24,26)/t18-,19+,21+/m1/s1. The number of carbonyl (C=O) groups is 1. The van der Waals surface area contributed by atoms with Crippen LogP contribution in [0.5, 0.6) is 5.75 Å². The summed E-state index contributed by atoms with van der Waals surface area (Å²) in [4.78, 5) is 15.5. The summed E-state index contributed by atoms with van der Waals surface area (Å²) in [5, 5.41) is 3.24. The predicted octanol–water partition coefficient (Wildman–Crippen LogP) is 2.90. The summed E-state index contributed by atoms with van der Waals surface area (Å²) >= 11 is 0. The third-order valence-corrected chi connectivity index (χ3v) is 7.09. The van der Waals surface area contributed by atoms with E-state index in [-0.39, 0.29) is 29.6 Å². The predicted molar refractivity (Wildman–Crippen MR) is 103 cm³/mol. The highest BCUT2D eigenvalue weighted by atomic mass is 19.1. The Morgan fingerprint density at radius 2 is 2.04 bits per heavy atom. The maximum Gasteiger partial charge on any atom is 0.225 e. The number of nitrogens with zero attached hydrogens (tertiary/aromatic N) is 1. The van der Waals surface area contributed by atoms with Crippen LogP contribution in [0.2, 0.25) is 0 Å². The Morgan fingerprint density at radius 3 is 2.79 bits per heavy atom. The monoisotopic (exact) mass is 388 g/mol. The normalized spacial score (nSPS) is 30.8. The SMILES string of the molecule is O=C(NC1CCC1)[C@@H]1CN(CC2CCOCC2)[C@H]2c3cc(F)ccc3OC[C@@H]12. The van der Waals surface area contributed by atoms with Crippen molar-refractivity contribution in [2.45, 2.75) is 44.2 Å². The van der Waals surface area contributed by atoms with E-state index in [0.717, 1.165) is 63.3 Å². The molecule has 3 heterocycles. The van der Waals surface area contributed by atoms with Gasteiger partial charge in [-0.25, -0.2) is 4.39 Å². The number of benzene rings is 1. The van der Waals surface area contributed by atoms with Crippen molar-refractivity contribution in [2.75, 3.05) is 32.9 Å². The molecule has 1 amide bonds. The van der Waals surface area contributed by atoms with Gasteiger partial charge in [0.15, 0.2) is 0 Å². The molecule has 0 bridgehead atoms. The lowest BCUT2D eigenvalue weighted by Gasteiger charge is -2.36. The maximum atomic E-state index is 14.0. The molecule has 5 nitrogen and oxygen atoms in total. The molecule has 3 fully saturated rings. The zero-order valence-corrected chi connectivity index (χ0v) is 16.2. The number of nitrogens with one attached hydrogen (secondary N) is 1. The Bertz CT molecular complexity index is 732. The van der Waals surface area contributed by atoms with Crippen molar-refractivity contribution in [3.8, 4) is 5.75 Å². The molecule has 6 heteroatoms. The summed E-state index contributed by atoms with van der Waals surface area (Å²) in [6.07, 6.45) is 5.48. The van der Waals surface area contributed by atoms with Crippen molar-refractivity contribution < 1.29 is 18.7 Å². The van der Waals surface area contributed by atoms with Crippen molar-refractivity contribution in [1.82, 2.24) is 10.2 Å². The van der Waals surface area contributed by atoms with E-state index < -0.39 is 0 Å². The van der Waals surface area contributed by atoms with E-state index in [0.29, 0.717) is 18.6 Å². The fraction of sp³-hybridized carbons (Fsp3) is 0.682. The Morgan fingerprint density at radius 1 is 1.21 bits per heavy atom. The van der Waals surface area contributed by atoms with Gasteiger partial charge in [-0.05, 0) is 56.2 Å². The average molecular weight is 388 g/mol. The van der Waals surface area contributed by atoms with Crippen molar-refractivity contribution >= 4 is 5.91 Å². The first-order valence-corrected chi connectivity index (χ1v) is 10.7. The molecule has 0 unspecified atom stereocenters. The van der Waals surface area contributed by atoms with Gasteiger partial charge >= 0.3 is 0 Å². The number of hydrogen-bond acceptors (Lipinski definition) is 4. The van der Waals surface area contributed by atoms with E-state index in [2.05, 4.69) is 10.2 Å². The van der Waals surface area contributed by atoms with Gasteiger partial charge in [-0.15, -0.1) is 0 Å². The number of ether oxygens (including phenoxy) is 2. The van der Waals surface area contributed by atoms with Crippen LogP contribution in [0.4, 0.5) is 4.39 Å². The summed E-state index contributed by atoms with van der Waals surface area (Å²) < 4.78 is 25.5. The first kappa shape index (κ1) is 18.4. The molecule has 1 aromatic carbocycles. The zero-order valence-electron chi connectivity index (χ0n) is 16.2. The molecule has 4 aliphatic rings. The van der Waals surface area contributed by atoms with Crippen LogP contribution in [0.15, 0.2) is 18.2 Å². The van der Waals surface area contributed by atoms with Gasteiger partial charge in [0.2, 0.25) is 5.91 Å². The molecule has 0 aromatic heterocycles. The first-order chi connectivity index (χ1) is 13.7. The number of likely N-dealkylation sites (tertiary alicyclic amines) is 1. The van der Waals surface area contributed by atoms with Crippen molar-refractivity contribution in [1.29, 1.82) is 0 Å². The van der Waals surface area contributed by atoms with Crippen LogP contribution >= 0.6 is 0 Å². The molecule has 28 heavy (non-hydrogen) atoms. The number of fused-ring (bicyclic) bond motifs is 3. The molecule has 1 aromatic rings. The number of amides is 1. The molecule has 1 N–H and O–H groups in total. The van der Waals surface area contributed by atoms with Gasteiger partial charge in [0.05, 0.1) is 12.5 Å². The van der Waals surface area contributed by atoms with E-state index in [9.17, 15) is 9.18 Å². The van der Waals surface area contributed by atoms with E-state index in [1.165, 1.54) is 12.5 Å². The second-order valence-electron chi connectivity index (χ2n) is 8.85. The third-order valence-electron chi connectivity index (χ3n) is 7.09. The molecule has 1 saturated carbocycles. The summed E-state index contributed by atoms with van der Waals surface area (Å²) in [6, 6.07) is 5.19. The van der Waals surface area contributed by atoms with Crippen LogP contribution in [0, 0.1) is 23.6 Å². The highest BCUT2D eigenvalue weighted by molar-refractivity contribution is 5.80. The van der Waals surface area contributed by atoms with E-state index in [4.69, 9.17) is 9.47 Å². The second-order valence-corrected chi connectivity index (χ2v) is 8.85. The van der Waals surface area contributed by atoms with Crippen molar-refractivity contribution in [3.63, 3.8) is 0 Å². The lowest BCUT2D eigenvalue weighted by molar-refractivity contribution is -0.127. The molecular weight excluding hydrogens is 359 g/mol. The molecule has 0 radical (unpaired) electrons. The van der Waals surface area contributed by atoms with Crippen molar-refractivity contribution in [2.24, 2.45) is 17.8 Å². The Kier molecular flexibility index (Phi) is 5.01. The van der Waals surface area contributed by atoms with Crippen molar-refractivity contribution in [3.05, 3.63) is 29.6 Å². The lowest BCUT2D eigenvalue weighted by Crippen LogP contribution is -2.45. The minimum absolute atomic E-state index is 0.0550. The van der Waals surface area contributed by atoms with Gasteiger partial charge in [-0.2, -0.15) is 0 Å². The summed E-state index contributed by atoms with van der Waals surface area (Å²) in [5.74, 6) is 1.23. The van der Waals surface area contributed by atoms with E-state index in [1.54, 1.807) is 12.1 Å². The summed E-state index contributed by atoms with van der Waals surface area (Å²) in [7, 11) is 0. The highest BCUT2D eigenvalue weighted by Gasteiger charge is 2.49. The second kappa shape index (κ2) is 7.64. The van der Waals surface area contributed by atoms with Gasteiger partial charge < -0.3 is 14.8 Å². The van der Waals surface area contributed by atoms with E-state index in [1.807, 2.05) is 0 Å². The highest BCUT2D eigenvalue weighted by Crippen LogP contribution is 2.48. The van der Waals surface area contributed by atoms with Crippen LogP contribution in [0.3, 0.4) is 0 Å². The van der Waals surface area contributed by atoms with Crippen LogP contribution in [-0.4, -0.2) is 49.8 Å². The molecule has 5 rings (SSSR count). The average Bonchev–Trinajstić information content (AvgIpc) is 3.04. The minimum atomic E-state index is -0.239. The van der Waals surface area contributed by atoms with Gasteiger partial charge in [-0.3, -0.25) is 9.69 Å². The molecule has 2 saturated heterocycles. The number of hydrogen-bond donors (Lipinski definition) is 1. The zero-order chi connectivity index (χ0) is 19.1. The molecule has 3 aliphatic heterocycles. The van der Waals surface area contributed by atoms with Crippen LogP contribution < -0.4 is 10.1 Å². The summed E-state index contributed by atoms with van der Waals surface area (Å²) in [5.41, 5.74) is 0.905. The fourth-order valence-electron chi connectivity index (χ4n) is 5.28. The number of carbonyl (C=O) groups excluding carboxylic acids is 1. The number of rotatable bonds is 4. The van der Waals surface area contributed by atoms with Gasteiger partial charge in [0.1, 0.15) is 11.6 Å². The molecule has 0 spiro atoms. The largest absolute Gasteiger partial charge is 0.493 e. The molecule has 1 aliphatic carbocycles. The minimum Gasteiger partial charge on any atom is -0.493 e. The first-order valence-electron chi connectivity index (χ1n) is 10.7. The quantitative estimate of drug-likeness (QED) is 0.862. The van der Waals surface area contributed by atoms with Gasteiger partial charge in [0.25, 0.3) is 0 Å². The smallest absolute Gasteiger partial charge is 0.225 e. The third kappa shape index (κ3) is 3.41. The topological polar surface area (TPSA) is 50.8 Å². The van der Waals surface area contributed by atoms with Crippen LogP contribution in [0.1, 0.15) is 43.7 Å². The number of halogens is 1. The summed E-state index contributed by atoms with van der Waals surface area (Å²) in [6.45, 7) is 3.81. The van der Waals surface area contributed by atoms with Crippen LogP contribution in [0.25, 0.3) is 0 Å². The van der Waals surface area contributed by atoms with Gasteiger partial charge in [-0.1, -0.05) is 0 Å². The Hall–Kier alpha value is -1.66. The molecule has 3 atom stereocenters. The van der Waals surface area contributed by atoms with E-state index >= 15 is 0 Å². The lowest BCUT2D eigenvalue weighted by atomic mass is 9.84. The maximum absolute atomic E-state index is 14.0. The Labute approximate surface area is 165 Å². The fourth-order valence-corrected chi connectivity index (χ4v) is 5.28. The van der Waals surface area contributed by atoms with Crippen LogP contribution in [-0.2, 0) is 9.53 Å². The molecular formula is C22H29FN2O3. The molecule has 152 valence electrons.